The van der Waals surface area contributed by atoms with Crippen molar-refractivity contribution in [2.24, 2.45) is 0 Å². The molecule has 5 nitrogen and oxygen atoms in total. The predicted molar refractivity (Wildman–Crippen MR) is 129 cm³/mol. The number of aromatic hydroxyl groups is 2. The number of aryl methyl sites for hydroxylation is 2. The van der Waals surface area contributed by atoms with Crippen LogP contribution in [0.2, 0.25) is 5.02 Å². The summed E-state index contributed by atoms with van der Waals surface area (Å²) < 4.78 is 0. The van der Waals surface area contributed by atoms with Gasteiger partial charge in [-0.2, -0.15) is 0 Å². The second-order valence-electron chi connectivity index (χ2n) is 7.58. The molecule has 0 unspecified atom stereocenters. The highest BCUT2D eigenvalue weighted by molar-refractivity contribution is 6.34. The van der Waals surface area contributed by atoms with Gasteiger partial charge < -0.3 is 15.5 Å². The third-order valence-electron chi connectivity index (χ3n) is 5.13. The van der Waals surface area contributed by atoms with E-state index in [-0.39, 0.29) is 17.4 Å². The lowest BCUT2D eigenvalue weighted by atomic mass is 9.96. The molecule has 3 N–H and O–H groups in total. The maximum absolute atomic E-state index is 12.7. The highest BCUT2D eigenvalue weighted by atomic mass is 35.5. The normalized spacial score (nSPS) is 11.2. The van der Waals surface area contributed by atoms with E-state index in [9.17, 15) is 15.0 Å². The van der Waals surface area contributed by atoms with E-state index < -0.39 is 0 Å². The maximum atomic E-state index is 12.7. The van der Waals surface area contributed by atoms with Crippen LogP contribution in [0.15, 0.2) is 66.9 Å². The number of pyridine rings is 1. The molecule has 1 aromatic heterocycles. The molecule has 1 heterocycles. The molecule has 0 aliphatic carbocycles. The molecule has 160 valence electrons. The molecule has 0 saturated carbocycles. The molecule has 4 aromatic rings. The van der Waals surface area contributed by atoms with E-state index in [1.807, 2.05) is 44.2 Å². The number of benzene rings is 3. The Morgan fingerprint density at radius 3 is 2.56 bits per heavy atom. The average molecular weight is 445 g/mol. The van der Waals surface area contributed by atoms with Gasteiger partial charge in [0.15, 0.2) is 11.5 Å². The Morgan fingerprint density at radius 1 is 1.03 bits per heavy atom. The minimum Gasteiger partial charge on any atom is -0.504 e. The van der Waals surface area contributed by atoms with E-state index in [0.717, 1.165) is 33.2 Å². The third kappa shape index (κ3) is 4.29. The quantitative estimate of drug-likeness (QED) is 0.257. The second-order valence-corrected chi connectivity index (χ2v) is 7.98. The van der Waals surface area contributed by atoms with Gasteiger partial charge in [-0.05, 0) is 55.3 Å². The van der Waals surface area contributed by atoms with Crippen LogP contribution in [-0.2, 0) is 4.79 Å². The minimum atomic E-state index is -0.364. The van der Waals surface area contributed by atoms with Gasteiger partial charge in [0, 0.05) is 27.6 Å². The first kappa shape index (κ1) is 21.4. The topological polar surface area (TPSA) is 82.5 Å². The van der Waals surface area contributed by atoms with E-state index in [2.05, 4.69) is 16.4 Å². The van der Waals surface area contributed by atoms with Crippen LogP contribution < -0.4 is 5.32 Å². The summed E-state index contributed by atoms with van der Waals surface area (Å²) in [6.07, 6.45) is 4.54. The van der Waals surface area contributed by atoms with Gasteiger partial charge in [-0.1, -0.05) is 47.5 Å². The van der Waals surface area contributed by atoms with Crippen molar-refractivity contribution in [1.82, 2.24) is 4.98 Å². The molecule has 3 aromatic carbocycles. The number of hydrogen-bond acceptors (Lipinski definition) is 4. The summed E-state index contributed by atoms with van der Waals surface area (Å²) in [4.78, 5) is 17.3. The van der Waals surface area contributed by atoms with Gasteiger partial charge in [0.2, 0.25) is 5.91 Å². The Morgan fingerprint density at radius 2 is 1.81 bits per heavy atom. The van der Waals surface area contributed by atoms with E-state index in [1.165, 1.54) is 18.2 Å². The highest BCUT2D eigenvalue weighted by Gasteiger charge is 2.16. The summed E-state index contributed by atoms with van der Waals surface area (Å²) >= 11 is 6.52. The average Bonchev–Trinajstić information content (AvgIpc) is 2.75. The van der Waals surface area contributed by atoms with E-state index in [0.29, 0.717) is 16.3 Å². The summed E-state index contributed by atoms with van der Waals surface area (Å²) in [5, 5.41) is 23.4. The lowest BCUT2D eigenvalue weighted by Gasteiger charge is -2.16. The Kier molecular flexibility index (Phi) is 5.84. The second kappa shape index (κ2) is 8.73. The number of phenols is 2. The van der Waals surface area contributed by atoms with Crippen LogP contribution in [0, 0.1) is 13.8 Å². The Balaban J connectivity index is 1.77. The SMILES string of the molecule is Cc1cc(C)c2ncc(NC(=O)/C=C/c3ccc(O)c(O)c3)c(-c3ccccc3Cl)c2c1. The molecular weight excluding hydrogens is 424 g/mol. The number of carbonyl (C=O) groups is 1. The molecule has 0 fully saturated rings. The zero-order valence-electron chi connectivity index (χ0n) is 17.6. The maximum Gasteiger partial charge on any atom is 0.248 e. The molecule has 0 atom stereocenters. The number of carbonyl (C=O) groups excluding carboxylic acids is 1. The summed E-state index contributed by atoms with van der Waals surface area (Å²) in [5.41, 5.74) is 5.69. The Hall–Kier alpha value is -3.83. The first-order valence-corrected chi connectivity index (χ1v) is 10.4. The van der Waals surface area contributed by atoms with Gasteiger partial charge >= 0.3 is 0 Å². The Bertz CT molecular complexity index is 1380. The molecule has 0 bridgehead atoms. The van der Waals surface area contributed by atoms with Gasteiger partial charge in [0.05, 0.1) is 17.4 Å². The van der Waals surface area contributed by atoms with Crippen molar-refractivity contribution in [3.8, 4) is 22.6 Å². The number of anilines is 1. The zero-order valence-corrected chi connectivity index (χ0v) is 18.3. The van der Waals surface area contributed by atoms with Crippen molar-refractivity contribution >= 4 is 40.2 Å². The number of aromatic nitrogens is 1. The molecule has 32 heavy (non-hydrogen) atoms. The fourth-order valence-corrected chi connectivity index (χ4v) is 3.93. The summed E-state index contributed by atoms with van der Waals surface area (Å²) in [7, 11) is 0. The molecular formula is C26H21ClN2O3. The third-order valence-corrected chi connectivity index (χ3v) is 5.46. The molecule has 4 rings (SSSR count). The number of halogens is 1. The van der Waals surface area contributed by atoms with Gasteiger partial charge in [-0.25, -0.2) is 0 Å². The van der Waals surface area contributed by atoms with Crippen LogP contribution in [0.3, 0.4) is 0 Å². The lowest BCUT2D eigenvalue weighted by molar-refractivity contribution is -0.111. The van der Waals surface area contributed by atoms with E-state index in [4.69, 9.17) is 11.6 Å². The van der Waals surface area contributed by atoms with Crippen molar-refractivity contribution in [3.63, 3.8) is 0 Å². The van der Waals surface area contributed by atoms with Crippen LogP contribution in [0.25, 0.3) is 28.1 Å². The number of nitrogens with one attached hydrogen (secondary N) is 1. The predicted octanol–water partition coefficient (Wildman–Crippen LogP) is 6.24. The number of fused-ring (bicyclic) bond motifs is 1. The zero-order chi connectivity index (χ0) is 22.8. The molecule has 0 saturated heterocycles. The highest BCUT2D eigenvalue weighted by Crippen LogP contribution is 2.39. The van der Waals surface area contributed by atoms with Crippen LogP contribution >= 0.6 is 11.6 Å². The molecule has 6 heteroatoms. The lowest BCUT2D eigenvalue weighted by Crippen LogP contribution is -2.10. The largest absolute Gasteiger partial charge is 0.504 e. The Labute approximate surface area is 190 Å². The van der Waals surface area contributed by atoms with Gasteiger partial charge in [-0.15, -0.1) is 0 Å². The van der Waals surface area contributed by atoms with Crippen molar-refractivity contribution in [2.75, 3.05) is 5.32 Å². The first-order chi connectivity index (χ1) is 15.3. The van der Waals surface area contributed by atoms with Crippen molar-refractivity contribution in [2.45, 2.75) is 13.8 Å². The molecule has 0 spiro atoms. The first-order valence-electron chi connectivity index (χ1n) is 9.99. The van der Waals surface area contributed by atoms with Gasteiger partial charge in [0.25, 0.3) is 0 Å². The molecule has 1 amide bonds. The molecule has 0 aliphatic rings. The number of rotatable bonds is 4. The number of amides is 1. The van der Waals surface area contributed by atoms with Crippen molar-refractivity contribution < 1.29 is 15.0 Å². The number of hydrogen-bond donors (Lipinski definition) is 3. The summed E-state index contributed by atoms with van der Waals surface area (Å²) in [6.45, 7) is 4.02. The molecule has 0 aliphatic heterocycles. The van der Waals surface area contributed by atoms with Gasteiger partial charge in [0.1, 0.15) is 0 Å². The van der Waals surface area contributed by atoms with Crippen LogP contribution in [0.1, 0.15) is 16.7 Å². The monoisotopic (exact) mass is 444 g/mol. The van der Waals surface area contributed by atoms with Crippen molar-refractivity contribution in [1.29, 1.82) is 0 Å². The standard InChI is InChI=1S/C26H21ClN2O3/c1-15-11-16(2)26-19(12-15)25(18-5-3-4-6-20(18)27)21(14-28-26)29-24(32)10-8-17-7-9-22(30)23(31)13-17/h3-14,30-31H,1-2H3,(H,29,32)/b10-8+. The number of phenolic OH excluding ortho intramolecular Hbond substituents is 2. The summed E-state index contributed by atoms with van der Waals surface area (Å²) in [5.74, 6) is -0.835. The van der Waals surface area contributed by atoms with Crippen LogP contribution in [0.5, 0.6) is 11.5 Å². The fraction of sp³-hybridized carbons (Fsp3) is 0.0769. The summed E-state index contributed by atoms with van der Waals surface area (Å²) in [6, 6.07) is 15.9. The van der Waals surface area contributed by atoms with Gasteiger partial charge in [-0.3, -0.25) is 9.78 Å². The van der Waals surface area contributed by atoms with Crippen LogP contribution in [-0.4, -0.2) is 21.1 Å². The smallest absolute Gasteiger partial charge is 0.248 e. The van der Waals surface area contributed by atoms with Crippen LogP contribution in [0.4, 0.5) is 5.69 Å². The minimum absolute atomic E-state index is 0.219. The van der Waals surface area contributed by atoms with Crippen molar-refractivity contribution in [3.05, 3.63) is 88.6 Å². The van der Waals surface area contributed by atoms with E-state index >= 15 is 0 Å². The fourth-order valence-electron chi connectivity index (χ4n) is 3.70. The van der Waals surface area contributed by atoms with E-state index in [1.54, 1.807) is 18.3 Å². The molecule has 0 radical (unpaired) electrons. The number of nitrogens with zero attached hydrogens (tertiary/aromatic N) is 1.